The Morgan fingerprint density at radius 2 is 2.30 bits per heavy atom. The van der Waals surface area contributed by atoms with Crippen molar-refractivity contribution in [2.45, 2.75) is 6.42 Å². The van der Waals surface area contributed by atoms with Gasteiger partial charge in [-0.15, -0.1) is 0 Å². The molecule has 0 atom stereocenters. The van der Waals surface area contributed by atoms with Gasteiger partial charge >= 0.3 is 0 Å². The molecule has 1 heterocycles. The molecule has 0 N–H and O–H groups in total. The van der Waals surface area contributed by atoms with Gasteiger partial charge in [0.05, 0.1) is 30.6 Å². The zero-order valence-corrected chi connectivity index (χ0v) is 6.67. The summed E-state index contributed by atoms with van der Waals surface area (Å²) in [6, 6.07) is 1.99. The molecule has 0 bridgehead atoms. The first-order valence-corrected chi connectivity index (χ1v) is 3.45. The van der Waals surface area contributed by atoms with Crippen LogP contribution in [0.3, 0.4) is 0 Å². The van der Waals surface area contributed by atoms with Crippen LogP contribution in [-0.4, -0.2) is 9.97 Å². The van der Waals surface area contributed by atoms with Crippen molar-refractivity contribution in [3.8, 4) is 6.07 Å². The van der Waals surface area contributed by atoms with Gasteiger partial charge in [-0.2, -0.15) is 5.26 Å². The van der Waals surface area contributed by atoms with Gasteiger partial charge in [0, 0.05) is 0 Å². The Morgan fingerprint density at radius 3 is 2.80 bits per heavy atom. The molecule has 1 aromatic rings. The molecule has 3 nitrogen and oxygen atoms in total. The Morgan fingerprint density at radius 1 is 1.50 bits per heavy atom. The van der Waals surface area contributed by atoms with E-state index in [4.69, 9.17) is 5.26 Å². The summed E-state index contributed by atoms with van der Waals surface area (Å²) in [4.78, 5) is 7.84. The molecule has 0 amide bonds. The third kappa shape index (κ3) is 1.78. The second-order valence-corrected chi connectivity index (χ2v) is 2.48. The fourth-order valence-corrected chi connectivity index (χ4v) is 0.716. The minimum Gasteiger partial charge on any atom is -0.256 e. The molecular weight excluding hydrogens is 194 g/mol. The molecular formula is C6H4BrN3. The lowest BCUT2D eigenvalue weighted by atomic mass is 10.3. The van der Waals surface area contributed by atoms with Gasteiger partial charge in [-0.25, -0.2) is 4.98 Å². The Labute approximate surface area is 66.9 Å². The van der Waals surface area contributed by atoms with Gasteiger partial charge in [0.2, 0.25) is 0 Å². The highest BCUT2D eigenvalue weighted by molar-refractivity contribution is 9.10. The lowest BCUT2D eigenvalue weighted by Crippen LogP contribution is -1.88. The van der Waals surface area contributed by atoms with E-state index >= 15 is 0 Å². The summed E-state index contributed by atoms with van der Waals surface area (Å²) >= 11 is 3.14. The summed E-state index contributed by atoms with van der Waals surface area (Å²) in [5.74, 6) is 0. The molecule has 1 aromatic heterocycles. The van der Waals surface area contributed by atoms with Crippen LogP contribution in [0.2, 0.25) is 0 Å². The number of hydrogen-bond acceptors (Lipinski definition) is 3. The summed E-state index contributed by atoms with van der Waals surface area (Å²) in [5.41, 5.74) is 0.700. The van der Waals surface area contributed by atoms with Crippen LogP contribution < -0.4 is 0 Å². The first-order chi connectivity index (χ1) is 4.83. The molecule has 0 aromatic carbocycles. The normalized spacial score (nSPS) is 8.80. The molecule has 0 radical (unpaired) electrons. The summed E-state index contributed by atoms with van der Waals surface area (Å²) in [6.45, 7) is 0. The standard InChI is InChI=1S/C6H4BrN3/c7-6-4-9-5(1-2-8)3-10-6/h3-4H,1H2. The average Bonchev–Trinajstić information content (AvgIpc) is 1.95. The molecule has 0 aliphatic rings. The quantitative estimate of drug-likeness (QED) is 0.683. The molecule has 0 aliphatic carbocycles. The van der Waals surface area contributed by atoms with E-state index < -0.39 is 0 Å². The zero-order valence-electron chi connectivity index (χ0n) is 5.08. The summed E-state index contributed by atoms with van der Waals surface area (Å²) in [6.07, 6.45) is 3.47. The molecule has 4 heteroatoms. The topological polar surface area (TPSA) is 49.6 Å². The van der Waals surface area contributed by atoms with Crippen LogP contribution >= 0.6 is 15.9 Å². The van der Waals surface area contributed by atoms with Gasteiger partial charge in [-0.1, -0.05) is 0 Å². The van der Waals surface area contributed by atoms with Crippen molar-refractivity contribution in [2.75, 3.05) is 0 Å². The number of aromatic nitrogens is 2. The molecule has 0 unspecified atom stereocenters. The minimum atomic E-state index is 0.320. The van der Waals surface area contributed by atoms with E-state index in [0.29, 0.717) is 16.7 Å². The van der Waals surface area contributed by atoms with Gasteiger partial charge in [-0.05, 0) is 15.9 Å². The lowest BCUT2D eigenvalue weighted by molar-refractivity contribution is 1.04. The largest absolute Gasteiger partial charge is 0.256 e. The summed E-state index contributed by atoms with van der Waals surface area (Å²) in [7, 11) is 0. The number of nitriles is 1. The Hall–Kier alpha value is -0.950. The molecule has 0 saturated heterocycles. The van der Waals surface area contributed by atoms with Gasteiger partial charge in [0.25, 0.3) is 0 Å². The van der Waals surface area contributed by atoms with Gasteiger partial charge in [0.15, 0.2) is 0 Å². The van der Waals surface area contributed by atoms with Crippen molar-refractivity contribution >= 4 is 15.9 Å². The van der Waals surface area contributed by atoms with Crippen LogP contribution in [0.5, 0.6) is 0 Å². The average molecular weight is 198 g/mol. The van der Waals surface area contributed by atoms with Crippen LogP contribution in [0.4, 0.5) is 0 Å². The number of nitrogens with zero attached hydrogens (tertiary/aromatic N) is 3. The van der Waals surface area contributed by atoms with E-state index in [1.54, 1.807) is 12.4 Å². The van der Waals surface area contributed by atoms with E-state index in [0.717, 1.165) is 0 Å². The first kappa shape index (κ1) is 7.16. The van der Waals surface area contributed by atoms with E-state index in [9.17, 15) is 0 Å². The SMILES string of the molecule is N#CCc1cnc(Br)cn1. The highest BCUT2D eigenvalue weighted by Gasteiger charge is 1.92. The van der Waals surface area contributed by atoms with E-state index in [2.05, 4.69) is 25.9 Å². The smallest absolute Gasteiger partial charge is 0.124 e. The van der Waals surface area contributed by atoms with Crippen molar-refractivity contribution in [1.29, 1.82) is 5.26 Å². The van der Waals surface area contributed by atoms with Crippen molar-refractivity contribution in [1.82, 2.24) is 9.97 Å². The second kappa shape index (κ2) is 3.28. The van der Waals surface area contributed by atoms with Gasteiger partial charge in [0.1, 0.15) is 4.60 Å². The van der Waals surface area contributed by atoms with Crippen LogP contribution in [0.15, 0.2) is 17.0 Å². The van der Waals surface area contributed by atoms with Gasteiger partial charge in [-0.3, -0.25) is 4.98 Å². The van der Waals surface area contributed by atoms with Crippen molar-refractivity contribution in [3.05, 3.63) is 22.7 Å². The Balaban J connectivity index is 2.81. The van der Waals surface area contributed by atoms with Gasteiger partial charge < -0.3 is 0 Å². The predicted octanol–water partition coefficient (Wildman–Crippen LogP) is 1.31. The molecule has 0 spiro atoms. The van der Waals surface area contributed by atoms with Crippen LogP contribution in [0.1, 0.15) is 5.69 Å². The van der Waals surface area contributed by atoms with Crippen molar-refractivity contribution < 1.29 is 0 Å². The summed E-state index contributed by atoms with van der Waals surface area (Å²) < 4.78 is 0.689. The fraction of sp³-hybridized carbons (Fsp3) is 0.167. The Kier molecular flexibility index (Phi) is 2.35. The van der Waals surface area contributed by atoms with Crippen LogP contribution in [0, 0.1) is 11.3 Å². The number of halogens is 1. The highest BCUT2D eigenvalue weighted by Crippen LogP contribution is 2.02. The molecule has 0 saturated carbocycles. The monoisotopic (exact) mass is 197 g/mol. The number of hydrogen-bond donors (Lipinski definition) is 0. The molecule has 0 fully saturated rings. The van der Waals surface area contributed by atoms with Crippen molar-refractivity contribution in [3.63, 3.8) is 0 Å². The predicted molar refractivity (Wildman–Crippen MR) is 39.0 cm³/mol. The maximum atomic E-state index is 8.26. The lowest BCUT2D eigenvalue weighted by Gasteiger charge is -1.90. The molecule has 0 aliphatic heterocycles. The zero-order chi connectivity index (χ0) is 7.40. The maximum absolute atomic E-state index is 8.26. The van der Waals surface area contributed by atoms with E-state index in [1.807, 2.05) is 6.07 Å². The third-order valence-electron chi connectivity index (χ3n) is 0.934. The third-order valence-corrected chi connectivity index (χ3v) is 1.34. The van der Waals surface area contributed by atoms with Crippen molar-refractivity contribution in [2.24, 2.45) is 0 Å². The molecule has 50 valence electrons. The fourth-order valence-electron chi connectivity index (χ4n) is 0.511. The van der Waals surface area contributed by atoms with E-state index in [-0.39, 0.29) is 0 Å². The van der Waals surface area contributed by atoms with Crippen LogP contribution in [-0.2, 0) is 6.42 Å². The van der Waals surface area contributed by atoms with E-state index in [1.165, 1.54) is 0 Å². The first-order valence-electron chi connectivity index (χ1n) is 2.66. The van der Waals surface area contributed by atoms with Crippen LogP contribution in [0.25, 0.3) is 0 Å². The maximum Gasteiger partial charge on any atom is 0.124 e. The highest BCUT2D eigenvalue weighted by atomic mass is 79.9. The Bertz CT molecular complexity index is 249. The molecule has 10 heavy (non-hydrogen) atoms. The second-order valence-electron chi connectivity index (χ2n) is 1.67. The minimum absolute atomic E-state index is 0.320. The summed E-state index contributed by atoms with van der Waals surface area (Å²) in [5, 5.41) is 8.26. The molecule has 1 rings (SSSR count). The number of rotatable bonds is 1.